The van der Waals surface area contributed by atoms with Gasteiger partial charge < -0.3 is 4.57 Å². The Morgan fingerprint density at radius 1 is 1.36 bits per heavy atom. The lowest BCUT2D eigenvalue weighted by molar-refractivity contribution is 0.509. The van der Waals surface area contributed by atoms with Gasteiger partial charge >= 0.3 is 0 Å². The largest absolute Gasteiger partial charge is 0.311 e. The van der Waals surface area contributed by atoms with Crippen LogP contribution in [-0.2, 0) is 19.9 Å². The average molecular weight is 331 g/mol. The number of aromatic nitrogens is 5. The van der Waals surface area contributed by atoms with Crippen molar-refractivity contribution < 1.29 is 0 Å². The van der Waals surface area contributed by atoms with Gasteiger partial charge in [-0.2, -0.15) is 0 Å². The van der Waals surface area contributed by atoms with Crippen LogP contribution < -0.4 is 0 Å². The lowest BCUT2D eigenvalue weighted by atomic mass is 9.89. The van der Waals surface area contributed by atoms with Gasteiger partial charge in [-0.05, 0) is 49.4 Å². The topological polar surface area (TPSA) is 56.5 Å². The maximum Gasteiger partial charge on any atom is 0.197 e. The number of thiophene rings is 1. The number of rotatable bonds is 2. The third-order valence-electron chi connectivity index (χ3n) is 4.09. The van der Waals surface area contributed by atoms with E-state index in [2.05, 4.69) is 22.1 Å². The Labute approximate surface area is 137 Å². The fourth-order valence-electron chi connectivity index (χ4n) is 2.94. The van der Waals surface area contributed by atoms with Gasteiger partial charge in [-0.1, -0.05) is 6.92 Å². The molecule has 22 heavy (non-hydrogen) atoms. The lowest BCUT2D eigenvalue weighted by Crippen LogP contribution is -2.08. The van der Waals surface area contributed by atoms with Crippen molar-refractivity contribution in [1.29, 1.82) is 0 Å². The number of aryl methyl sites for hydroxylation is 3. The SMILES string of the molecule is Cc1nc(Sc2nncn2C)c2c3c(sc2n1)C[C@H](C)CC3. The minimum atomic E-state index is 0.768. The molecule has 114 valence electrons. The van der Waals surface area contributed by atoms with Crippen LogP contribution in [0.4, 0.5) is 0 Å². The standard InChI is InChI=1S/C15H17N5S2/c1-8-4-5-10-11(6-8)21-13-12(10)14(18-9(2)17-13)22-15-19-16-7-20(15)3/h7-8H,4-6H2,1-3H3/t8-/m1/s1. The van der Waals surface area contributed by atoms with Crippen LogP contribution in [0.2, 0.25) is 0 Å². The first-order valence-corrected chi connectivity index (χ1v) is 9.06. The molecule has 1 aliphatic rings. The molecule has 3 heterocycles. The van der Waals surface area contributed by atoms with E-state index in [9.17, 15) is 0 Å². The summed E-state index contributed by atoms with van der Waals surface area (Å²) >= 11 is 3.43. The highest BCUT2D eigenvalue weighted by Gasteiger charge is 2.24. The number of hydrogen-bond donors (Lipinski definition) is 0. The molecule has 4 rings (SSSR count). The van der Waals surface area contributed by atoms with Crippen LogP contribution in [0.15, 0.2) is 16.5 Å². The van der Waals surface area contributed by atoms with E-state index in [0.717, 1.165) is 33.2 Å². The van der Waals surface area contributed by atoms with Gasteiger partial charge in [0.1, 0.15) is 22.0 Å². The Morgan fingerprint density at radius 3 is 3.00 bits per heavy atom. The first-order chi connectivity index (χ1) is 10.6. The van der Waals surface area contributed by atoms with E-state index in [4.69, 9.17) is 4.98 Å². The molecule has 0 radical (unpaired) electrons. The van der Waals surface area contributed by atoms with Crippen molar-refractivity contribution in [2.45, 2.75) is 43.3 Å². The third kappa shape index (κ3) is 2.32. The van der Waals surface area contributed by atoms with Crippen LogP contribution in [0, 0.1) is 12.8 Å². The van der Waals surface area contributed by atoms with Gasteiger partial charge in [0.15, 0.2) is 5.16 Å². The predicted molar refractivity (Wildman–Crippen MR) is 88.5 cm³/mol. The smallest absolute Gasteiger partial charge is 0.197 e. The summed E-state index contributed by atoms with van der Waals surface area (Å²) in [5.74, 6) is 1.59. The molecular weight excluding hydrogens is 314 g/mol. The fraction of sp³-hybridized carbons (Fsp3) is 0.467. The summed E-state index contributed by atoms with van der Waals surface area (Å²) in [6.45, 7) is 4.29. The van der Waals surface area contributed by atoms with Gasteiger partial charge in [0.25, 0.3) is 0 Å². The fourth-order valence-corrected chi connectivity index (χ4v) is 5.38. The van der Waals surface area contributed by atoms with E-state index in [-0.39, 0.29) is 0 Å². The maximum absolute atomic E-state index is 4.69. The van der Waals surface area contributed by atoms with Gasteiger partial charge in [-0.3, -0.25) is 0 Å². The summed E-state index contributed by atoms with van der Waals surface area (Å²) in [5.41, 5.74) is 1.46. The molecule has 0 N–H and O–H groups in total. The predicted octanol–water partition coefficient (Wildman–Crippen LogP) is 3.40. The first kappa shape index (κ1) is 14.1. The lowest BCUT2D eigenvalue weighted by Gasteiger charge is -2.18. The molecule has 0 amide bonds. The summed E-state index contributed by atoms with van der Waals surface area (Å²) in [6.07, 6.45) is 5.28. The molecule has 0 aromatic carbocycles. The van der Waals surface area contributed by atoms with Crippen molar-refractivity contribution in [3.63, 3.8) is 0 Å². The van der Waals surface area contributed by atoms with Crippen molar-refractivity contribution in [3.05, 3.63) is 22.6 Å². The van der Waals surface area contributed by atoms with Gasteiger partial charge in [0.2, 0.25) is 0 Å². The van der Waals surface area contributed by atoms with Crippen LogP contribution in [0.5, 0.6) is 0 Å². The molecule has 0 saturated heterocycles. The molecule has 7 heteroatoms. The minimum Gasteiger partial charge on any atom is -0.311 e. The van der Waals surface area contributed by atoms with Crippen LogP contribution in [0.25, 0.3) is 10.2 Å². The molecule has 0 fully saturated rings. The molecule has 0 spiro atoms. The highest BCUT2D eigenvalue weighted by molar-refractivity contribution is 7.99. The number of nitrogens with zero attached hydrogens (tertiary/aromatic N) is 5. The zero-order chi connectivity index (χ0) is 15.3. The summed E-state index contributed by atoms with van der Waals surface area (Å²) in [6, 6.07) is 0. The van der Waals surface area contributed by atoms with Crippen molar-refractivity contribution in [2.75, 3.05) is 0 Å². The maximum atomic E-state index is 4.69. The second-order valence-corrected chi connectivity index (χ2v) is 7.97. The Hall–Kier alpha value is -1.47. The van der Waals surface area contributed by atoms with Crippen LogP contribution in [-0.4, -0.2) is 24.7 Å². The first-order valence-electron chi connectivity index (χ1n) is 7.42. The highest BCUT2D eigenvalue weighted by atomic mass is 32.2. The Bertz CT molecular complexity index is 851. The molecule has 0 saturated carbocycles. The molecule has 3 aromatic rings. The van der Waals surface area contributed by atoms with E-state index in [1.165, 1.54) is 28.7 Å². The minimum absolute atomic E-state index is 0.768. The van der Waals surface area contributed by atoms with E-state index >= 15 is 0 Å². The van der Waals surface area contributed by atoms with Crippen molar-refractivity contribution in [1.82, 2.24) is 24.7 Å². The van der Waals surface area contributed by atoms with Gasteiger partial charge in [-0.15, -0.1) is 21.5 Å². The Kier molecular flexibility index (Phi) is 3.41. The molecule has 0 bridgehead atoms. The molecule has 3 aromatic heterocycles. The van der Waals surface area contributed by atoms with Crippen molar-refractivity contribution in [2.24, 2.45) is 13.0 Å². The van der Waals surface area contributed by atoms with Crippen LogP contribution in [0.1, 0.15) is 29.6 Å². The molecule has 5 nitrogen and oxygen atoms in total. The van der Waals surface area contributed by atoms with Gasteiger partial charge in [0.05, 0.1) is 0 Å². The van der Waals surface area contributed by atoms with Gasteiger partial charge in [-0.25, -0.2) is 9.97 Å². The summed E-state index contributed by atoms with van der Waals surface area (Å²) in [7, 11) is 1.96. The summed E-state index contributed by atoms with van der Waals surface area (Å²) in [4.78, 5) is 12.0. The molecule has 1 atom stereocenters. The molecule has 0 unspecified atom stereocenters. The van der Waals surface area contributed by atoms with Crippen molar-refractivity contribution in [3.8, 4) is 0 Å². The molecular formula is C15H17N5S2. The second-order valence-electron chi connectivity index (χ2n) is 5.93. The van der Waals surface area contributed by atoms with Crippen LogP contribution >= 0.6 is 23.1 Å². The van der Waals surface area contributed by atoms with Crippen molar-refractivity contribution >= 4 is 33.3 Å². The van der Waals surface area contributed by atoms with Gasteiger partial charge in [0, 0.05) is 17.3 Å². The zero-order valence-electron chi connectivity index (χ0n) is 12.8. The number of fused-ring (bicyclic) bond motifs is 3. The second kappa shape index (κ2) is 5.31. The summed E-state index contributed by atoms with van der Waals surface area (Å²) < 4.78 is 1.93. The quantitative estimate of drug-likeness (QED) is 0.674. The molecule has 0 aliphatic heterocycles. The van der Waals surface area contributed by atoms with E-state index < -0.39 is 0 Å². The van der Waals surface area contributed by atoms with E-state index in [0.29, 0.717) is 0 Å². The van der Waals surface area contributed by atoms with Crippen LogP contribution in [0.3, 0.4) is 0 Å². The summed E-state index contributed by atoms with van der Waals surface area (Å²) in [5, 5.41) is 11.3. The normalized spacial score (nSPS) is 17.9. The zero-order valence-corrected chi connectivity index (χ0v) is 14.5. The van der Waals surface area contributed by atoms with E-state index in [1.54, 1.807) is 18.1 Å². The average Bonchev–Trinajstić information content (AvgIpc) is 3.01. The Balaban J connectivity index is 1.88. The third-order valence-corrected chi connectivity index (χ3v) is 6.28. The number of hydrogen-bond acceptors (Lipinski definition) is 6. The van der Waals surface area contributed by atoms with E-state index in [1.807, 2.05) is 29.9 Å². The molecule has 1 aliphatic carbocycles. The monoisotopic (exact) mass is 331 g/mol. The Morgan fingerprint density at radius 2 is 2.23 bits per heavy atom. The highest BCUT2D eigenvalue weighted by Crippen LogP contribution is 2.41.